The summed E-state index contributed by atoms with van der Waals surface area (Å²) in [5.41, 5.74) is -0.220. The van der Waals surface area contributed by atoms with E-state index >= 15 is 0 Å². The van der Waals surface area contributed by atoms with Crippen molar-refractivity contribution in [2.45, 2.75) is 150 Å². The average molecular weight is 563 g/mol. The number of rotatable bonds is 7. The highest BCUT2D eigenvalue weighted by Crippen LogP contribution is 2.68. The summed E-state index contributed by atoms with van der Waals surface area (Å²) in [6.07, 6.45) is 11.0. The molecule has 39 heavy (non-hydrogen) atoms. The van der Waals surface area contributed by atoms with Gasteiger partial charge in [0.05, 0.1) is 11.5 Å². The Bertz CT molecular complexity index is 907. The molecule has 0 heterocycles. The van der Waals surface area contributed by atoms with E-state index in [1.807, 2.05) is 13.8 Å². The third-order valence-corrected chi connectivity index (χ3v) is 13.5. The Hall–Kier alpha value is -0.550. The Labute approximate surface area is 243 Å². The Morgan fingerprint density at radius 1 is 1.00 bits per heavy atom. The fourth-order valence-electron chi connectivity index (χ4n) is 9.64. The van der Waals surface area contributed by atoms with E-state index in [0.717, 1.165) is 38.5 Å². The molecule has 5 heteroatoms. The number of ether oxygens (including phenoxy) is 1. The lowest BCUT2D eigenvalue weighted by atomic mass is 9.43. The molecule has 4 aliphatic carbocycles. The Kier molecular flexibility index (Phi) is 9.07. The molecule has 0 aromatic heterocycles. The topological polar surface area (TPSA) is 63.6 Å². The van der Waals surface area contributed by atoms with E-state index in [2.05, 4.69) is 48.5 Å². The summed E-state index contributed by atoms with van der Waals surface area (Å²) in [7, 11) is 0. The van der Waals surface area contributed by atoms with E-state index in [1.165, 1.54) is 37.4 Å². The third kappa shape index (κ3) is 6.02. The van der Waals surface area contributed by atoms with Gasteiger partial charge in [0.25, 0.3) is 0 Å². The largest absolute Gasteiger partial charge is 0.462 e. The predicted octanol–water partition coefficient (Wildman–Crippen LogP) is 8.44. The zero-order valence-corrected chi connectivity index (χ0v) is 27.3. The first kappa shape index (κ1) is 31.4. The van der Waals surface area contributed by atoms with Crippen molar-refractivity contribution in [2.75, 3.05) is 0 Å². The van der Waals surface area contributed by atoms with E-state index in [4.69, 9.17) is 4.74 Å². The molecule has 4 rings (SSSR count). The molecule has 8 unspecified atom stereocenters. The molecule has 0 aromatic carbocycles. The number of carbonyl (C=O) groups is 2. The number of hydrogen-bond acceptors (Lipinski definition) is 5. The molecule has 0 aliphatic heterocycles. The normalized spacial score (nSPS) is 41.2. The smallest absolute Gasteiger partial charge is 0.311 e. The molecule has 1 N–H and O–H groups in total. The van der Waals surface area contributed by atoms with Gasteiger partial charge in [-0.2, -0.15) is 0 Å². The number of aliphatic hydroxyl groups is 1. The highest BCUT2D eigenvalue weighted by Gasteiger charge is 2.64. The fraction of sp³-hybridized carbons (Fsp3) is 0.941. The number of carbonyl (C=O) groups excluding carboxylic acids is 2. The first-order valence-corrected chi connectivity index (χ1v) is 17.0. The van der Waals surface area contributed by atoms with Crippen LogP contribution < -0.4 is 0 Å². The van der Waals surface area contributed by atoms with E-state index in [1.54, 1.807) is 0 Å². The maximum absolute atomic E-state index is 12.8. The van der Waals surface area contributed by atoms with Crippen molar-refractivity contribution in [2.24, 2.45) is 51.8 Å². The lowest BCUT2D eigenvalue weighted by Gasteiger charge is -2.62. The van der Waals surface area contributed by atoms with Gasteiger partial charge in [-0.15, -0.1) is 0 Å². The Morgan fingerprint density at radius 2 is 1.69 bits per heavy atom. The lowest BCUT2D eigenvalue weighted by Crippen LogP contribution is -2.59. The molecule has 4 aliphatic rings. The van der Waals surface area contributed by atoms with E-state index in [0.29, 0.717) is 47.0 Å². The van der Waals surface area contributed by atoms with Crippen molar-refractivity contribution >= 4 is 22.8 Å². The number of fused-ring (bicyclic) bond motifs is 5. The molecule has 0 aromatic rings. The van der Waals surface area contributed by atoms with Crippen molar-refractivity contribution in [3.8, 4) is 0 Å². The molecular weight excluding hydrogens is 504 g/mol. The molecule has 0 spiro atoms. The van der Waals surface area contributed by atoms with Crippen LogP contribution in [0, 0.1) is 51.8 Å². The zero-order valence-electron chi connectivity index (χ0n) is 26.5. The van der Waals surface area contributed by atoms with Crippen LogP contribution in [0.15, 0.2) is 0 Å². The third-order valence-electron chi connectivity index (χ3n) is 12.4. The molecule has 0 amide bonds. The highest BCUT2D eigenvalue weighted by molar-refractivity contribution is 8.14. The molecule has 0 radical (unpaired) electrons. The second-order valence-corrected chi connectivity index (χ2v) is 18.0. The summed E-state index contributed by atoms with van der Waals surface area (Å²) in [4.78, 5) is 25.4. The van der Waals surface area contributed by atoms with Gasteiger partial charge in [-0.1, -0.05) is 60.2 Å². The van der Waals surface area contributed by atoms with Crippen LogP contribution in [-0.4, -0.2) is 33.1 Å². The molecule has 0 bridgehead atoms. The summed E-state index contributed by atoms with van der Waals surface area (Å²) in [5, 5.41) is 12.2. The standard InChI is InChI=1S/C34H58O4S/c1-10-32(6,7)30(37)38-23-17-18-33(8)22(19-23)12-13-24-26-15-14-25(34(26,9)28(35)20-27(24)33)21(2)11-16-29(36)39-31(3,4)5/h21-28,35H,10-20H2,1-9H3/t21?,22?,23?,24?,25?,26?,27?,28?,33-,34+/m0/s1. The van der Waals surface area contributed by atoms with Gasteiger partial charge in [0, 0.05) is 11.2 Å². The minimum Gasteiger partial charge on any atom is -0.462 e. The van der Waals surface area contributed by atoms with Crippen LogP contribution in [0.4, 0.5) is 0 Å². The highest BCUT2D eigenvalue weighted by atomic mass is 32.2. The summed E-state index contributed by atoms with van der Waals surface area (Å²) < 4.78 is 6.05. The Morgan fingerprint density at radius 3 is 2.33 bits per heavy atom. The number of hydrogen-bond donors (Lipinski definition) is 1. The van der Waals surface area contributed by atoms with E-state index < -0.39 is 5.41 Å². The maximum atomic E-state index is 12.8. The van der Waals surface area contributed by atoms with E-state index in [-0.39, 0.29) is 33.8 Å². The molecule has 224 valence electrons. The van der Waals surface area contributed by atoms with Crippen LogP contribution in [0.1, 0.15) is 133 Å². The first-order chi connectivity index (χ1) is 18.0. The number of aliphatic hydroxyl groups excluding tert-OH is 1. The summed E-state index contributed by atoms with van der Waals surface area (Å²) in [6, 6.07) is 0. The van der Waals surface area contributed by atoms with Gasteiger partial charge >= 0.3 is 5.97 Å². The minimum absolute atomic E-state index is 0.0266. The summed E-state index contributed by atoms with van der Waals surface area (Å²) >= 11 is 1.48. The summed E-state index contributed by atoms with van der Waals surface area (Å²) in [6.45, 7) is 19.6. The molecule has 4 fully saturated rings. The minimum atomic E-state index is -0.411. The van der Waals surface area contributed by atoms with Crippen LogP contribution in [0.2, 0.25) is 0 Å². The summed E-state index contributed by atoms with van der Waals surface area (Å²) in [5.74, 6) is 3.32. The zero-order chi connectivity index (χ0) is 29.0. The van der Waals surface area contributed by atoms with Crippen molar-refractivity contribution in [3.63, 3.8) is 0 Å². The van der Waals surface area contributed by atoms with Gasteiger partial charge in [-0.3, -0.25) is 9.59 Å². The second kappa shape index (κ2) is 11.3. The predicted molar refractivity (Wildman–Crippen MR) is 161 cm³/mol. The fourth-order valence-corrected chi connectivity index (χ4v) is 10.5. The van der Waals surface area contributed by atoms with Gasteiger partial charge in [-0.25, -0.2) is 0 Å². The second-order valence-electron chi connectivity index (χ2n) is 16.1. The number of esters is 1. The van der Waals surface area contributed by atoms with Crippen molar-refractivity contribution in [1.29, 1.82) is 0 Å². The maximum Gasteiger partial charge on any atom is 0.311 e. The van der Waals surface area contributed by atoms with E-state index in [9.17, 15) is 14.7 Å². The number of thioether (sulfide) groups is 1. The SMILES string of the molecule is CCC(C)(C)C(=O)OC1CC[C@@]2(C)C(CCC3C2CC(O)[C@]2(C)C(C(C)CCC(=O)SC(C)(C)C)CCC32)C1. The molecule has 4 saturated carbocycles. The van der Waals surface area contributed by atoms with Gasteiger partial charge < -0.3 is 9.84 Å². The van der Waals surface area contributed by atoms with Crippen molar-refractivity contribution < 1.29 is 19.4 Å². The molecular formula is C34H58O4S. The van der Waals surface area contributed by atoms with Crippen LogP contribution in [-0.2, 0) is 14.3 Å². The Balaban J connectivity index is 1.42. The molecule has 0 saturated heterocycles. The first-order valence-electron chi connectivity index (χ1n) is 16.1. The average Bonchev–Trinajstić information content (AvgIpc) is 3.21. The monoisotopic (exact) mass is 562 g/mol. The lowest BCUT2D eigenvalue weighted by molar-refractivity contribution is -0.185. The van der Waals surface area contributed by atoms with Crippen LogP contribution in [0.25, 0.3) is 0 Å². The van der Waals surface area contributed by atoms with Gasteiger partial charge in [0.1, 0.15) is 6.10 Å². The van der Waals surface area contributed by atoms with Crippen LogP contribution >= 0.6 is 11.8 Å². The van der Waals surface area contributed by atoms with Gasteiger partial charge in [0.15, 0.2) is 5.12 Å². The van der Waals surface area contributed by atoms with Gasteiger partial charge in [-0.05, 0) is 124 Å². The van der Waals surface area contributed by atoms with Crippen molar-refractivity contribution in [3.05, 3.63) is 0 Å². The quantitative estimate of drug-likeness (QED) is 0.315. The van der Waals surface area contributed by atoms with Crippen LogP contribution in [0.3, 0.4) is 0 Å². The molecule has 4 nitrogen and oxygen atoms in total. The molecule has 10 atom stereocenters. The van der Waals surface area contributed by atoms with Crippen molar-refractivity contribution in [1.82, 2.24) is 0 Å². The van der Waals surface area contributed by atoms with Gasteiger partial charge in [0.2, 0.25) is 0 Å². The van der Waals surface area contributed by atoms with Crippen LogP contribution in [0.5, 0.6) is 0 Å².